The van der Waals surface area contributed by atoms with Gasteiger partial charge in [0.2, 0.25) is 11.9 Å². The van der Waals surface area contributed by atoms with Gasteiger partial charge in [0.25, 0.3) is 0 Å². The number of aromatic nitrogens is 2. The molecule has 2 fully saturated rings. The van der Waals surface area contributed by atoms with Crippen LogP contribution in [0.15, 0.2) is 12.4 Å². The molecular formula is C17H26BClN4O3. The van der Waals surface area contributed by atoms with E-state index in [2.05, 4.69) is 20.2 Å². The Morgan fingerprint density at radius 2 is 1.77 bits per heavy atom. The Hall–Kier alpha value is -1.38. The molecule has 0 aliphatic carbocycles. The number of anilines is 1. The maximum atomic E-state index is 11.4. The lowest BCUT2D eigenvalue weighted by molar-refractivity contribution is -0.119. The van der Waals surface area contributed by atoms with Gasteiger partial charge in [-0.25, -0.2) is 9.97 Å². The third-order valence-electron chi connectivity index (χ3n) is 5.45. The first-order chi connectivity index (χ1) is 12.2. The van der Waals surface area contributed by atoms with Gasteiger partial charge in [0.05, 0.1) is 11.2 Å². The molecule has 2 saturated heterocycles. The average molecular weight is 381 g/mol. The number of hydrogen-bond acceptors (Lipinski definition) is 6. The second-order valence-electron chi connectivity index (χ2n) is 7.87. The fourth-order valence-electron chi connectivity index (χ4n) is 3.09. The standard InChI is InChI=1S/C17H26BClN4O3/c1-16(2)17(3,4)26-18(25-16)12-10-20-15(21-11-12)23-7-5-13(6-8-23)22-14(24)9-19/h10-11,13H,5-9H2,1-4H3,(H,22,24). The number of amides is 1. The fraction of sp³-hybridized carbons (Fsp3) is 0.706. The molecule has 0 unspecified atom stereocenters. The van der Waals surface area contributed by atoms with Gasteiger partial charge in [0, 0.05) is 37.0 Å². The van der Waals surface area contributed by atoms with E-state index < -0.39 is 7.12 Å². The van der Waals surface area contributed by atoms with Crippen molar-refractivity contribution in [2.24, 2.45) is 0 Å². The molecule has 1 amide bonds. The first-order valence-electron chi connectivity index (χ1n) is 9.00. The van der Waals surface area contributed by atoms with E-state index in [-0.39, 0.29) is 29.0 Å². The highest BCUT2D eigenvalue weighted by atomic mass is 35.5. The zero-order chi connectivity index (χ0) is 18.9. The van der Waals surface area contributed by atoms with E-state index in [1.807, 2.05) is 27.7 Å². The number of carbonyl (C=O) groups is 1. The summed E-state index contributed by atoms with van der Waals surface area (Å²) in [6.07, 6.45) is 5.24. The second kappa shape index (κ2) is 7.33. The Bertz CT molecular complexity index is 632. The average Bonchev–Trinajstić information content (AvgIpc) is 2.83. The maximum absolute atomic E-state index is 11.4. The molecule has 0 bridgehead atoms. The molecular weight excluding hydrogens is 354 g/mol. The van der Waals surface area contributed by atoms with Crippen LogP contribution in [0.2, 0.25) is 0 Å². The van der Waals surface area contributed by atoms with Gasteiger partial charge < -0.3 is 19.5 Å². The number of hydrogen-bond donors (Lipinski definition) is 1. The highest BCUT2D eigenvalue weighted by Crippen LogP contribution is 2.36. The van der Waals surface area contributed by atoms with Gasteiger partial charge in [-0.1, -0.05) is 0 Å². The molecule has 26 heavy (non-hydrogen) atoms. The number of rotatable bonds is 4. The van der Waals surface area contributed by atoms with Gasteiger partial charge in [-0.05, 0) is 40.5 Å². The molecule has 1 N–H and O–H groups in total. The Morgan fingerprint density at radius 3 is 2.27 bits per heavy atom. The minimum absolute atomic E-state index is 0.00368. The zero-order valence-corrected chi connectivity index (χ0v) is 16.5. The molecule has 0 atom stereocenters. The van der Waals surface area contributed by atoms with Crippen molar-refractivity contribution in [2.45, 2.75) is 57.8 Å². The topological polar surface area (TPSA) is 76.6 Å². The lowest BCUT2D eigenvalue weighted by atomic mass is 9.81. The van der Waals surface area contributed by atoms with Gasteiger partial charge in [0.1, 0.15) is 5.88 Å². The van der Waals surface area contributed by atoms with Crippen molar-refractivity contribution in [1.29, 1.82) is 0 Å². The van der Waals surface area contributed by atoms with Crippen LogP contribution in [-0.2, 0) is 14.1 Å². The van der Waals surface area contributed by atoms with E-state index >= 15 is 0 Å². The van der Waals surface area contributed by atoms with Gasteiger partial charge in [0.15, 0.2) is 0 Å². The summed E-state index contributed by atoms with van der Waals surface area (Å²) in [7, 11) is -0.453. The van der Waals surface area contributed by atoms with Gasteiger partial charge in [-0.3, -0.25) is 4.79 Å². The molecule has 7 nitrogen and oxygen atoms in total. The van der Waals surface area contributed by atoms with Crippen LogP contribution in [0, 0.1) is 0 Å². The Labute approximate surface area is 159 Å². The fourth-order valence-corrected chi connectivity index (χ4v) is 3.16. The normalized spacial score (nSPS) is 22.5. The summed E-state index contributed by atoms with van der Waals surface area (Å²) < 4.78 is 12.1. The van der Waals surface area contributed by atoms with E-state index in [9.17, 15) is 4.79 Å². The number of halogens is 1. The highest BCUT2D eigenvalue weighted by molar-refractivity contribution is 6.61. The molecule has 0 radical (unpaired) electrons. The third-order valence-corrected chi connectivity index (χ3v) is 5.69. The Kier molecular flexibility index (Phi) is 5.46. The Morgan fingerprint density at radius 1 is 1.23 bits per heavy atom. The molecule has 3 rings (SSSR count). The maximum Gasteiger partial charge on any atom is 0.498 e. The van der Waals surface area contributed by atoms with Crippen molar-refractivity contribution in [1.82, 2.24) is 15.3 Å². The number of nitrogens with zero attached hydrogens (tertiary/aromatic N) is 3. The van der Waals surface area contributed by atoms with Crippen LogP contribution >= 0.6 is 11.6 Å². The van der Waals surface area contributed by atoms with Crippen molar-refractivity contribution in [2.75, 3.05) is 23.9 Å². The van der Waals surface area contributed by atoms with E-state index in [1.165, 1.54) is 0 Å². The van der Waals surface area contributed by atoms with Crippen LogP contribution in [0.25, 0.3) is 0 Å². The van der Waals surface area contributed by atoms with Crippen molar-refractivity contribution in [3.8, 4) is 0 Å². The predicted molar refractivity (Wildman–Crippen MR) is 102 cm³/mol. The quantitative estimate of drug-likeness (QED) is 0.623. The van der Waals surface area contributed by atoms with Crippen molar-refractivity contribution in [3.05, 3.63) is 12.4 Å². The minimum Gasteiger partial charge on any atom is -0.399 e. The summed E-state index contributed by atoms with van der Waals surface area (Å²) in [5.41, 5.74) is 0.0499. The summed E-state index contributed by atoms with van der Waals surface area (Å²) in [5.74, 6) is 0.574. The lowest BCUT2D eigenvalue weighted by Gasteiger charge is -2.32. The van der Waals surface area contributed by atoms with E-state index in [0.717, 1.165) is 31.4 Å². The predicted octanol–water partition coefficient (Wildman–Crippen LogP) is 1.10. The molecule has 0 saturated carbocycles. The zero-order valence-electron chi connectivity index (χ0n) is 15.8. The number of carbonyl (C=O) groups excluding carboxylic acids is 1. The largest absolute Gasteiger partial charge is 0.498 e. The van der Waals surface area contributed by atoms with Crippen LogP contribution in [0.1, 0.15) is 40.5 Å². The van der Waals surface area contributed by atoms with Crippen LogP contribution in [0.5, 0.6) is 0 Å². The van der Waals surface area contributed by atoms with Crippen LogP contribution in [0.3, 0.4) is 0 Å². The molecule has 1 aromatic heterocycles. The molecule has 3 heterocycles. The summed E-state index contributed by atoms with van der Waals surface area (Å²) in [6, 6.07) is 0.168. The summed E-state index contributed by atoms with van der Waals surface area (Å²) in [5, 5.41) is 2.93. The molecule has 1 aromatic rings. The van der Waals surface area contributed by atoms with E-state index in [0.29, 0.717) is 5.95 Å². The van der Waals surface area contributed by atoms with Crippen LogP contribution in [0.4, 0.5) is 5.95 Å². The van der Waals surface area contributed by atoms with Crippen LogP contribution in [-0.4, -0.2) is 59.2 Å². The molecule has 9 heteroatoms. The van der Waals surface area contributed by atoms with Crippen molar-refractivity contribution >= 4 is 36.0 Å². The van der Waals surface area contributed by atoms with Crippen LogP contribution < -0.4 is 15.7 Å². The van der Waals surface area contributed by atoms with Gasteiger partial charge in [-0.2, -0.15) is 0 Å². The monoisotopic (exact) mass is 380 g/mol. The Balaban J connectivity index is 1.58. The van der Waals surface area contributed by atoms with E-state index in [4.69, 9.17) is 20.9 Å². The first-order valence-corrected chi connectivity index (χ1v) is 9.53. The molecule has 0 aromatic carbocycles. The number of alkyl halides is 1. The second-order valence-corrected chi connectivity index (χ2v) is 8.13. The number of piperidine rings is 1. The third kappa shape index (κ3) is 3.97. The lowest BCUT2D eigenvalue weighted by Crippen LogP contribution is -2.45. The molecule has 2 aliphatic heterocycles. The first kappa shape index (κ1) is 19.4. The summed E-state index contributed by atoms with van der Waals surface area (Å²) >= 11 is 5.54. The molecule has 0 spiro atoms. The van der Waals surface area contributed by atoms with Crippen molar-refractivity contribution < 1.29 is 14.1 Å². The van der Waals surface area contributed by atoms with E-state index in [1.54, 1.807) is 12.4 Å². The van der Waals surface area contributed by atoms with Gasteiger partial charge in [-0.15, -0.1) is 11.6 Å². The smallest absolute Gasteiger partial charge is 0.399 e. The molecule has 142 valence electrons. The summed E-state index contributed by atoms with van der Waals surface area (Å²) in [4.78, 5) is 22.5. The summed E-state index contributed by atoms with van der Waals surface area (Å²) in [6.45, 7) is 9.68. The van der Waals surface area contributed by atoms with Gasteiger partial charge >= 0.3 is 7.12 Å². The SMILES string of the molecule is CC1(C)OB(c2cnc(N3CCC(NC(=O)CCl)CC3)nc2)OC1(C)C. The van der Waals surface area contributed by atoms with Crippen molar-refractivity contribution in [3.63, 3.8) is 0 Å². The highest BCUT2D eigenvalue weighted by Gasteiger charge is 2.52. The minimum atomic E-state index is -0.453. The molecule has 2 aliphatic rings. The number of nitrogens with one attached hydrogen (secondary N) is 1.